The third kappa shape index (κ3) is 2.45. The van der Waals surface area contributed by atoms with Crippen molar-refractivity contribution in [3.05, 3.63) is 18.2 Å². The third-order valence-electron chi connectivity index (χ3n) is 4.43. The second-order valence-electron chi connectivity index (χ2n) is 5.75. The SMILES string of the molecule is Cn1ccnc1CNCC1CCC2(CCCC2)O1. The molecule has 2 heterocycles. The molecule has 18 heavy (non-hydrogen) atoms. The van der Waals surface area contributed by atoms with Crippen molar-refractivity contribution in [1.82, 2.24) is 14.9 Å². The number of aryl methyl sites for hydroxylation is 1. The highest BCUT2D eigenvalue weighted by molar-refractivity contribution is 4.94. The van der Waals surface area contributed by atoms with Crippen LogP contribution in [0.25, 0.3) is 0 Å². The number of ether oxygens (including phenoxy) is 1. The van der Waals surface area contributed by atoms with E-state index in [0.29, 0.717) is 6.10 Å². The van der Waals surface area contributed by atoms with Crippen molar-refractivity contribution in [2.45, 2.75) is 56.8 Å². The summed E-state index contributed by atoms with van der Waals surface area (Å²) in [4.78, 5) is 4.31. The van der Waals surface area contributed by atoms with Gasteiger partial charge in [0.2, 0.25) is 0 Å². The van der Waals surface area contributed by atoms with Gasteiger partial charge in [0.15, 0.2) is 0 Å². The van der Waals surface area contributed by atoms with Crippen LogP contribution in [0.5, 0.6) is 0 Å². The van der Waals surface area contributed by atoms with E-state index in [-0.39, 0.29) is 5.60 Å². The molecule has 4 heteroatoms. The molecule has 0 bridgehead atoms. The van der Waals surface area contributed by atoms with Crippen LogP contribution < -0.4 is 5.32 Å². The minimum atomic E-state index is 0.259. The maximum Gasteiger partial charge on any atom is 0.122 e. The fourth-order valence-corrected chi connectivity index (χ4v) is 3.34. The van der Waals surface area contributed by atoms with E-state index in [2.05, 4.69) is 14.9 Å². The van der Waals surface area contributed by atoms with Gasteiger partial charge >= 0.3 is 0 Å². The van der Waals surface area contributed by atoms with E-state index in [1.807, 2.05) is 19.4 Å². The van der Waals surface area contributed by atoms with Gasteiger partial charge in [-0.05, 0) is 25.7 Å². The van der Waals surface area contributed by atoms with Crippen molar-refractivity contribution in [3.8, 4) is 0 Å². The number of nitrogens with one attached hydrogen (secondary N) is 1. The summed E-state index contributed by atoms with van der Waals surface area (Å²) in [5, 5.41) is 3.47. The van der Waals surface area contributed by atoms with Crippen LogP contribution in [0.15, 0.2) is 12.4 Å². The van der Waals surface area contributed by atoms with E-state index in [1.54, 1.807) is 0 Å². The summed E-state index contributed by atoms with van der Waals surface area (Å²) < 4.78 is 8.33. The first-order valence-corrected chi connectivity index (χ1v) is 7.12. The number of hydrogen-bond acceptors (Lipinski definition) is 3. The Kier molecular flexibility index (Phi) is 3.39. The molecule has 1 saturated heterocycles. The molecule has 0 aromatic carbocycles. The van der Waals surface area contributed by atoms with Gasteiger partial charge < -0.3 is 14.6 Å². The highest BCUT2D eigenvalue weighted by Gasteiger charge is 2.41. The molecule has 0 amide bonds. The molecule has 100 valence electrons. The average Bonchev–Trinajstić information content (AvgIpc) is 3.06. The molecule has 1 aromatic heterocycles. The van der Waals surface area contributed by atoms with Crippen molar-refractivity contribution in [1.29, 1.82) is 0 Å². The monoisotopic (exact) mass is 249 g/mol. The standard InChI is InChI=1S/C14H23N3O/c1-17-9-8-16-13(17)11-15-10-12-4-7-14(18-12)5-2-3-6-14/h8-9,12,15H,2-7,10-11H2,1H3. The lowest BCUT2D eigenvalue weighted by Crippen LogP contribution is -2.31. The van der Waals surface area contributed by atoms with Gasteiger partial charge in [-0.2, -0.15) is 0 Å². The van der Waals surface area contributed by atoms with E-state index in [0.717, 1.165) is 18.9 Å². The molecule has 1 spiro atoms. The van der Waals surface area contributed by atoms with Crippen LogP contribution in [0.3, 0.4) is 0 Å². The molecule has 2 fully saturated rings. The Bertz CT molecular complexity index is 395. The second-order valence-corrected chi connectivity index (χ2v) is 5.75. The summed E-state index contributed by atoms with van der Waals surface area (Å²) in [7, 11) is 2.03. The van der Waals surface area contributed by atoms with Crippen molar-refractivity contribution in [2.24, 2.45) is 7.05 Å². The number of hydrogen-bond donors (Lipinski definition) is 1. The van der Waals surface area contributed by atoms with E-state index in [1.165, 1.54) is 38.5 Å². The van der Waals surface area contributed by atoms with Crippen molar-refractivity contribution < 1.29 is 4.74 Å². The molecule has 1 aliphatic carbocycles. The van der Waals surface area contributed by atoms with Crippen molar-refractivity contribution >= 4 is 0 Å². The van der Waals surface area contributed by atoms with Gasteiger partial charge in [0.25, 0.3) is 0 Å². The Morgan fingerprint density at radius 1 is 1.44 bits per heavy atom. The van der Waals surface area contributed by atoms with Gasteiger partial charge in [-0.15, -0.1) is 0 Å². The zero-order valence-electron chi connectivity index (χ0n) is 11.2. The molecule has 3 rings (SSSR count). The zero-order chi connectivity index (χ0) is 12.4. The average molecular weight is 249 g/mol. The minimum Gasteiger partial charge on any atom is -0.370 e. The topological polar surface area (TPSA) is 39.1 Å². The molecule has 1 atom stereocenters. The van der Waals surface area contributed by atoms with Gasteiger partial charge in [0, 0.05) is 26.0 Å². The van der Waals surface area contributed by atoms with Crippen LogP contribution in [0, 0.1) is 0 Å². The van der Waals surface area contributed by atoms with Gasteiger partial charge in [-0.1, -0.05) is 12.8 Å². The zero-order valence-corrected chi connectivity index (χ0v) is 11.2. The Labute approximate surface area is 109 Å². The predicted octanol–water partition coefficient (Wildman–Crippen LogP) is 2.00. The van der Waals surface area contributed by atoms with Crippen LogP contribution in [0.4, 0.5) is 0 Å². The highest BCUT2D eigenvalue weighted by Crippen LogP contribution is 2.43. The van der Waals surface area contributed by atoms with Crippen LogP contribution in [0.2, 0.25) is 0 Å². The second kappa shape index (κ2) is 5.02. The lowest BCUT2D eigenvalue weighted by atomic mass is 9.98. The Balaban J connectivity index is 1.43. The molecule has 0 radical (unpaired) electrons. The van der Waals surface area contributed by atoms with Crippen LogP contribution in [-0.2, 0) is 18.3 Å². The van der Waals surface area contributed by atoms with E-state index >= 15 is 0 Å². The molecular formula is C14H23N3O. The third-order valence-corrected chi connectivity index (χ3v) is 4.43. The van der Waals surface area contributed by atoms with Crippen LogP contribution in [-0.4, -0.2) is 27.8 Å². The quantitative estimate of drug-likeness (QED) is 0.887. The molecule has 4 nitrogen and oxygen atoms in total. The maximum absolute atomic E-state index is 6.27. The minimum absolute atomic E-state index is 0.259. The van der Waals surface area contributed by atoms with Crippen molar-refractivity contribution in [3.63, 3.8) is 0 Å². The summed E-state index contributed by atoms with van der Waals surface area (Å²) in [6, 6.07) is 0. The first-order valence-electron chi connectivity index (χ1n) is 7.12. The molecular weight excluding hydrogens is 226 g/mol. The number of imidazole rings is 1. The van der Waals surface area contributed by atoms with E-state index in [4.69, 9.17) is 4.74 Å². The number of nitrogens with zero attached hydrogens (tertiary/aromatic N) is 2. The first-order chi connectivity index (χ1) is 8.77. The highest BCUT2D eigenvalue weighted by atomic mass is 16.5. The lowest BCUT2D eigenvalue weighted by molar-refractivity contribution is -0.0352. The normalized spacial score (nSPS) is 26.2. The lowest BCUT2D eigenvalue weighted by Gasteiger charge is -2.23. The fraction of sp³-hybridized carbons (Fsp3) is 0.786. The summed E-state index contributed by atoms with van der Waals surface area (Å²) in [5.74, 6) is 1.09. The maximum atomic E-state index is 6.27. The van der Waals surface area contributed by atoms with Gasteiger partial charge in [0.1, 0.15) is 5.82 Å². The Morgan fingerprint density at radius 2 is 2.28 bits per heavy atom. The van der Waals surface area contributed by atoms with Gasteiger partial charge in [0.05, 0.1) is 18.2 Å². The number of rotatable bonds is 4. The summed E-state index contributed by atoms with van der Waals surface area (Å²) >= 11 is 0. The van der Waals surface area contributed by atoms with Gasteiger partial charge in [-0.25, -0.2) is 4.98 Å². The molecule has 1 saturated carbocycles. The van der Waals surface area contributed by atoms with E-state index < -0.39 is 0 Å². The van der Waals surface area contributed by atoms with E-state index in [9.17, 15) is 0 Å². The smallest absolute Gasteiger partial charge is 0.122 e. The molecule has 1 aromatic rings. The van der Waals surface area contributed by atoms with Crippen molar-refractivity contribution in [2.75, 3.05) is 6.54 Å². The Morgan fingerprint density at radius 3 is 3.00 bits per heavy atom. The van der Waals surface area contributed by atoms with Gasteiger partial charge in [-0.3, -0.25) is 0 Å². The fourth-order valence-electron chi connectivity index (χ4n) is 3.34. The van der Waals surface area contributed by atoms with Crippen LogP contribution in [0.1, 0.15) is 44.3 Å². The largest absolute Gasteiger partial charge is 0.370 e. The summed E-state index contributed by atoms with van der Waals surface area (Å²) in [5.41, 5.74) is 0.259. The Hall–Kier alpha value is -0.870. The molecule has 1 unspecified atom stereocenters. The molecule has 2 aliphatic rings. The summed E-state index contributed by atoms with van der Waals surface area (Å²) in [6.07, 6.45) is 12.0. The molecule has 1 aliphatic heterocycles. The molecule has 1 N–H and O–H groups in total. The first kappa shape index (κ1) is 12.2. The predicted molar refractivity (Wildman–Crippen MR) is 70.2 cm³/mol. The summed E-state index contributed by atoms with van der Waals surface area (Å²) in [6.45, 7) is 1.78. The number of aromatic nitrogens is 2. The van der Waals surface area contributed by atoms with Crippen LogP contribution >= 0.6 is 0 Å².